The van der Waals surface area contributed by atoms with Gasteiger partial charge in [-0.1, -0.05) is 12.1 Å². The van der Waals surface area contributed by atoms with Crippen LogP contribution in [0.15, 0.2) is 58.3 Å². The van der Waals surface area contributed by atoms with E-state index in [1.165, 1.54) is 36.1 Å². The molecule has 1 fully saturated rings. The normalized spacial score (nSPS) is 17.2. The summed E-state index contributed by atoms with van der Waals surface area (Å²) in [5.74, 6) is -2.18. The molecule has 32 heavy (non-hydrogen) atoms. The molecule has 1 heterocycles. The molecule has 0 bridgehead atoms. The fraction of sp³-hybridized carbons (Fsp3) is 0.286. The molecule has 0 aliphatic carbocycles. The second-order valence-corrected chi connectivity index (χ2v) is 9.69. The number of rotatable bonds is 7. The second-order valence-electron chi connectivity index (χ2n) is 7.25. The number of nitrogens with zero attached hydrogens (tertiary/aromatic N) is 1. The Morgan fingerprint density at radius 2 is 1.94 bits per heavy atom. The molecule has 1 aliphatic heterocycles. The topological polar surface area (TPSA) is 136 Å². The Balaban J connectivity index is 1.60. The van der Waals surface area contributed by atoms with Gasteiger partial charge in [0.05, 0.1) is 10.8 Å². The van der Waals surface area contributed by atoms with Crippen LogP contribution in [0.4, 0.5) is 11.4 Å². The number of amides is 2. The molecular formula is C21H23N3O6S2. The lowest BCUT2D eigenvalue weighted by Crippen LogP contribution is -2.33. The Labute approximate surface area is 190 Å². The highest BCUT2D eigenvalue weighted by molar-refractivity contribution is 7.98. The van der Waals surface area contributed by atoms with Crippen LogP contribution in [0.1, 0.15) is 13.3 Å². The highest BCUT2D eigenvalue weighted by Gasteiger charge is 2.37. The minimum Gasteiger partial charge on any atom is -0.452 e. The lowest BCUT2D eigenvalue weighted by Gasteiger charge is -2.18. The summed E-state index contributed by atoms with van der Waals surface area (Å²) in [6.45, 7) is 1.56. The molecule has 170 valence electrons. The van der Waals surface area contributed by atoms with Crippen LogP contribution in [-0.4, -0.2) is 45.1 Å². The first-order valence-corrected chi connectivity index (χ1v) is 12.4. The number of sulfonamides is 1. The van der Waals surface area contributed by atoms with Crippen molar-refractivity contribution < 1.29 is 27.5 Å². The summed E-state index contributed by atoms with van der Waals surface area (Å²) in [6.07, 6.45) is 0.778. The van der Waals surface area contributed by atoms with Crippen LogP contribution in [0.2, 0.25) is 0 Å². The minimum atomic E-state index is -3.92. The van der Waals surface area contributed by atoms with Crippen LogP contribution in [0, 0.1) is 5.92 Å². The van der Waals surface area contributed by atoms with E-state index in [2.05, 4.69) is 5.32 Å². The number of nitrogens with one attached hydrogen (secondary N) is 1. The first-order valence-electron chi connectivity index (χ1n) is 9.67. The SMILES string of the molecule is CSc1cccc(N2C[C@@H](C(=O)O[C@@H](C)C(=O)Nc3cccc(S(N)(=O)=O)c3)CC2=O)c1. The van der Waals surface area contributed by atoms with E-state index in [0.29, 0.717) is 5.69 Å². The predicted molar refractivity (Wildman–Crippen MR) is 121 cm³/mol. The van der Waals surface area contributed by atoms with Gasteiger partial charge in [0.25, 0.3) is 5.91 Å². The highest BCUT2D eigenvalue weighted by atomic mass is 32.2. The molecule has 2 amide bonds. The van der Waals surface area contributed by atoms with Crippen LogP contribution < -0.4 is 15.4 Å². The lowest BCUT2D eigenvalue weighted by molar-refractivity contribution is -0.157. The van der Waals surface area contributed by atoms with E-state index >= 15 is 0 Å². The Hall–Kier alpha value is -2.89. The van der Waals surface area contributed by atoms with Gasteiger partial charge in [0, 0.05) is 29.2 Å². The third-order valence-electron chi connectivity index (χ3n) is 4.92. The Morgan fingerprint density at radius 3 is 2.62 bits per heavy atom. The number of nitrogens with two attached hydrogens (primary N) is 1. The molecular weight excluding hydrogens is 454 g/mol. The maximum atomic E-state index is 12.6. The summed E-state index contributed by atoms with van der Waals surface area (Å²) in [4.78, 5) is 39.8. The second kappa shape index (κ2) is 9.72. The quantitative estimate of drug-likeness (QED) is 0.460. The van der Waals surface area contributed by atoms with Gasteiger partial charge < -0.3 is 15.0 Å². The van der Waals surface area contributed by atoms with E-state index in [0.717, 1.165) is 4.90 Å². The zero-order valence-corrected chi connectivity index (χ0v) is 19.1. The summed E-state index contributed by atoms with van der Waals surface area (Å²) < 4.78 is 28.2. The van der Waals surface area contributed by atoms with Crippen molar-refractivity contribution in [3.05, 3.63) is 48.5 Å². The van der Waals surface area contributed by atoms with Gasteiger partial charge in [-0.05, 0) is 49.6 Å². The largest absolute Gasteiger partial charge is 0.452 e. The van der Waals surface area contributed by atoms with Crippen molar-refractivity contribution in [1.82, 2.24) is 0 Å². The monoisotopic (exact) mass is 477 g/mol. The van der Waals surface area contributed by atoms with Crippen molar-refractivity contribution in [3.8, 4) is 0 Å². The number of ether oxygens (including phenoxy) is 1. The number of benzene rings is 2. The van der Waals surface area contributed by atoms with E-state index in [1.54, 1.807) is 17.8 Å². The van der Waals surface area contributed by atoms with Crippen molar-refractivity contribution in [3.63, 3.8) is 0 Å². The number of carbonyl (C=O) groups is 3. The van der Waals surface area contributed by atoms with Crippen LogP contribution in [0.5, 0.6) is 0 Å². The summed E-state index contributed by atoms with van der Waals surface area (Å²) in [7, 11) is -3.92. The number of anilines is 2. The van der Waals surface area contributed by atoms with E-state index in [4.69, 9.17) is 9.88 Å². The maximum Gasteiger partial charge on any atom is 0.312 e. The number of carbonyl (C=O) groups excluding carboxylic acids is 3. The summed E-state index contributed by atoms with van der Waals surface area (Å²) >= 11 is 1.55. The zero-order chi connectivity index (χ0) is 23.5. The molecule has 0 radical (unpaired) electrons. The molecule has 2 aromatic carbocycles. The molecule has 1 saturated heterocycles. The molecule has 0 saturated carbocycles. The number of thioether (sulfide) groups is 1. The first-order chi connectivity index (χ1) is 15.1. The Bertz CT molecular complexity index is 1150. The summed E-state index contributed by atoms with van der Waals surface area (Å²) in [6, 6.07) is 12.9. The van der Waals surface area contributed by atoms with Gasteiger partial charge in [-0.25, -0.2) is 13.6 Å². The van der Waals surface area contributed by atoms with Crippen LogP contribution in [0.3, 0.4) is 0 Å². The van der Waals surface area contributed by atoms with Gasteiger partial charge in [0.15, 0.2) is 6.10 Å². The van der Waals surface area contributed by atoms with E-state index in [-0.39, 0.29) is 29.5 Å². The van der Waals surface area contributed by atoms with Crippen LogP contribution >= 0.6 is 11.8 Å². The summed E-state index contributed by atoms with van der Waals surface area (Å²) in [5.41, 5.74) is 0.901. The summed E-state index contributed by atoms with van der Waals surface area (Å²) in [5, 5.41) is 7.58. The number of hydrogen-bond donors (Lipinski definition) is 2. The molecule has 0 spiro atoms. The maximum absolute atomic E-state index is 12.6. The molecule has 3 rings (SSSR count). The molecule has 1 aliphatic rings. The van der Waals surface area contributed by atoms with Crippen LogP contribution in [-0.2, 0) is 29.1 Å². The van der Waals surface area contributed by atoms with Crippen molar-refractivity contribution in [1.29, 1.82) is 0 Å². The third-order valence-corrected chi connectivity index (χ3v) is 6.55. The van der Waals surface area contributed by atoms with Crippen LogP contribution in [0.25, 0.3) is 0 Å². The zero-order valence-electron chi connectivity index (χ0n) is 17.5. The number of hydrogen-bond acceptors (Lipinski definition) is 7. The first kappa shape index (κ1) is 23.8. The molecule has 9 nitrogen and oxygen atoms in total. The Morgan fingerprint density at radius 1 is 1.22 bits per heavy atom. The fourth-order valence-electron chi connectivity index (χ4n) is 3.21. The molecule has 2 aromatic rings. The van der Waals surface area contributed by atoms with E-state index in [1.807, 2.05) is 24.5 Å². The Kier molecular flexibility index (Phi) is 7.22. The lowest BCUT2D eigenvalue weighted by atomic mass is 10.1. The van der Waals surface area contributed by atoms with Gasteiger partial charge in [0.1, 0.15) is 0 Å². The van der Waals surface area contributed by atoms with Crippen molar-refractivity contribution in [2.24, 2.45) is 11.1 Å². The number of esters is 1. The smallest absolute Gasteiger partial charge is 0.312 e. The average molecular weight is 478 g/mol. The van der Waals surface area contributed by atoms with Crippen molar-refractivity contribution in [2.75, 3.05) is 23.0 Å². The predicted octanol–water partition coefficient (Wildman–Crippen LogP) is 1.98. The minimum absolute atomic E-state index is 0.00687. The molecule has 0 unspecified atom stereocenters. The van der Waals surface area contributed by atoms with Crippen molar-refractivity contribution >= 4 is 50.9 Å². The van der Waals surface area contributed by atoms with Gasteiger partial charge in [-0.3, -0.25) is 14.4 Å². The van der Waals surface area contributed by atoms with Gasteiger partial charge in [-0.2, -0.15) is 0 Å². The van der Waals surface area contributed by atoms with E-state index in [9.17, 15) is 22.8 Å². The molecule has 11 heteroatoms. The van der Waals surface area contributed by atoms with Crippen molar-refractivity contribution in [2.45, 2.75) is 29.2 Å². The van der Waals surface area contributed by atoms with Gasteiger partial charge >= 0.3 is 5.97 Å². The third kappa shape index (κ3) is 5.67. The van der Waals surface area contributed by atoms with Gasteiger partial charge in [-0.15, -0.1) is 11.8 Å². The molecule has 0 aromatic heterocycles. The standard InChI is InChI=1S/C21H23N3O6S2/c1-13(20(26)23-15-5-3-8-18(10-15)32(22,28)29)30-21(27)14-9-19(25)24(12-14)16-6-4-7-17(11-16)31-2/h3-8,10-11,13-14H,9,12H2,1-2H3,(H,23,26)(H2,22,28,29)/t13-,14-/m0/s1. The number of primary sulfonamides is 1. The highest BCUT2D eigenvalue weighted by Crippen LogP contribution is 2.29. The van der Waals surface area contributed by atoms with E-state index < -0.39 is 33.9 Å². The molecule has 2 atom stereocenters. The fourth-order valence-corrected chi connectivity index (χ4v) is 4.22. The molecule has 3 N–H and O–H groups in total. The average Bonchev–Trinajstić information content (AvgIpc) is 3.15. The van der Waals surface area contributed by atoms with Gasteiger partial charge in [0.2, 0.25) is 15.9 Å².